The molecule has 0 radical (unpaired) electrons. The van der Waals surface area contributed by atoms with Crippen LogP contribution in [0.2, 0.25) is 0 Å². The molecule has 1 saturated carbocycles. The Bertz CT molecular complexity index is 697. The lowest BCUT2D eigenvalue weighted by atomic mass is 9.97. The van der Waals surface area contributed by atoms with Crippen LogP contribution in [0.1, 0.15) is 43.3 Å². The number of nitrogens with zero attached hydrogens (tertiary/aromatic N) is 3. The van der Waals surface area contributed by atoms with Crippen molar-refractivity contribution >= 4 is 5.91 Å². The minimum Gasteiger partial charge on any atom is -0.485 e. The van der Waals surface area contributed by atoms with Gasteiger partial charge in [-0.2, -0.15) is 4.98 Å². The molecule has 1 unspecified atom stereocenters. The highest BCUT2D eigenvalue weighted by atomic mass is 16.5. The summed E-state index contributed by atoms with van der Waals surface area (Å²) in [6.45, 7) is 1.82. The van der Waals surface area contributed by atoms with E-state index in [1.54, 1.807) is 0 Å². The van der Waals surface area contributed by atoms with Gasteiger partial charge in [0.1, 0.15) is 5.75 Å². The Balaban J connectivity index is 1.36. The van der Waals surface area contributed by atoms with Crippen LogP contribution in [0.4, 0.5) is 0 Å². The molecule has 126 valence electrons. The Morgan fingerprint density at radius 2 is 2.08 bits per heavy atom. The Labute approximate surface area is 140 Å². The first-order valence-corrected chi connectivity index (χ1v) is 8.59. The van der Waals surface area contributed by atoms with E-state index in [0.717, 1.165) is 38.0 Å². The number of benzene rings is 1. The monoisotopic (exact) mass is 327 g/mol. The Hall–Kier alpha value is -2.37. The Morgan fingerprint density at radius 1 is 1.25 bits per heavy atom. The molecule has 2 aromatic rings. The maximum absolute atomic E-state index is 12.2. The van der Waals surface area contributed by atoms with Crippen LogP contribution >= 0.6 is 0 Å². The highest BCUT2D eigenvalue weighted by Crippen LogP contribution is 2.34. The number of para-hydroxylation sites is 1. The van der Waals surface area contributed by atoms with Crippen molar-refractivity contribution in [2.24, 2.45) is 5.92 Å². The molecule has 2 heterocycles. The van der Waals surface area contributed by atoms with Crippen LogP contribution in [-0.4, -0.2) is 34.0 Å². The van der Waals surface area contributed by atoms with Crippen molar-refractivity contribution in [3.63, 3.8) is 0 Å². The van der Waals surface area contributed by atoms with Gasteiger partial charge in [0.15, 0.2) is 6.61 Å². The zero-order valence-electron chi connectivity index (χ0n) is 13.6. The highest BCUT2D eigenvalue weighted by Gasteiger charge is 2.36. The van der Waals surface area contributed by atoms with Crippen LogP contribution in [0.15, 0.2) is 34.9 Å². The van der Waals surface area contributed by atoms with E-state index in [-0.39, 0.29) is 18.4 Å². The number of ether oxygens (including phenoxy) is 1. The summed E-state index contributed by atoms with van der Waals surface area (Å²) in [4.78, 5) is 18.7. The fourth-order valence-electron chi connectivity index (χ4n) is 3.12. The Kier molecular flexibility index (Phi) is 4.19. The van der Waals surface area contributed by atoms with Crippen LogP contribution in [-0.2, 0) is 11.4 Å². The fraction of sp³-hybridized carbons (Fsp3) is 0.500. The molecule has 1 aromatic heterocycles. The lowest BCUT2D eigenvalue weighted by Crippen LogP contribution is -2.40. The number of piperidine rings is 1. The van der Waals surface area contributed by atoms with Crippen LogP contribution in [0.5, 0.6) is 5.75 Å². The third-order valence-corrected chi connectivity index (χ3v) is 4.60. The molecule has 4 rings (SSSR count). The van der Waals surface area contributed by atoms with Gasteiger partial charge in [0, 0.05) is 19.0 Å². The van der Waals surface area contributed by atoms with Crippen LogP contribution < -0.4 is 4.74 Å². The summed E-state index contributed by atoms with van der Waals surface area (Å²) in [5.41, 5.74) is 0. The zero-order valence-corrected chi connectivity index (χ0v) is 13.6. The predicted octanol–water partition coefficient (Wildman–Crippen LogP) is 2.76. The zero-order chi connectivity index (χ0) is 16.4. The molecule has 0 N–H and O–H groups in total. The van der Waals surface area contributed by atoms with Gasteiger partial charge in [-0.1, -0.05) is 23.4 Å². The number of carbonyl (C=O) groups is 1. The van der Waals surface area contributed by atoms with E-state index in [0.29, 0.717) is 24.2 Å². The number of hydrogen-bond acceptors (Lipinski definition) is 5. The Morgan fingerprint density at radius 3 is 2.88 bits per heavy atom. The van der Waals surface area contributed by atoms with E-state index >= 15 is 0 Å². The van der Waals surface area contributed by atoms with Crippen molar-refractivity contribution in [2.45, 2.75) is 38.2 Å². The third-order valence-electron chi connectivity index (χ3n) is 4.60. The molecule has 6 nitrogen and oxygen atoms in total. The smallest absolute Gasteiger partial charge is 0.231 e. The van der Waals surface area contributed by atoms with Gasteiger partial charge in [0.25, 0.3) is 0 Å². The maximum Gasteiger partial charge on any atom is 0.231 e. The van der Waals surface area contributed by atoms with Crippen molar-refractivity contribution in [1.29, 1.82) is 0 Å². The lowest BCUT2D eigenvalue weighted by molar-refractivity contribution is -0.133. The second-order valence-corrected chi connectivity index (χ2v) is 6.55. The first kappa shape index (κ1) is 15.2. The molecule has 1 aliphatic carbocycles. The van der Waals surface area contributed by atoms with Gasteiger partial charge in [-0.15, -0.1) is 0 Å². The molecule has 1 aliphatic heterocycles. The molecule has 24 heavy (non-hydrogen) atoms. The van der Waals surface area contributed by atoms with Crippen LogP contribution in [0.25, 0.3) is 0 Å². The number of hydrogen-bond donors (Lipinski definition) is 0. The second-order valence-electron chi connectivity index (χ2n) is 6.55. The molecule has 1 aromatic carbocycles. The highest BCUT2D eigenvalue weighted by molar-refractivity contribution is 5.81. The van der Waals surface area contributed by atoms with E-state index < -0.39 is 0 Å². The molecule has 0 spiro atoms. The number of amides is 1. The average Bonchev–Trinajstić information content (AvgIpc) is 3.38. The average molecular weight is 327 g/mol. The van der Waals surface area contributed by atoms with E-state index in [4.69, 9.17) is 9.26 Å². The third kappa shape index (κ3) is 3.42. The fourth-order valence-corrected chi connectivity index (χ4v) is 3.12. The van der Waals surface area contributed by atoms with Gasteiger partial charge in [0.05, 0.1) is 5.92 Å². The summed E-state index contributed by atoms with van der Waals surface area (Å²) in [5.74, 6) is 2.64. The van der Waals surface area contributed by atoms with Crippen molar-refractivity contribution in [1.82, 2.24) is 15.0 Å². The van der Waals surface area contributed by atoms with Gasteiger partial charge in [-0.3, -0.25) is 4.79 Å². The SMILES string of the molecule is O=C(C1CC1)N1CCCC(c2nc(COc3ccccc3)no2)C1. The molecule has 1 amide bonds. The summed E-state index contributed by atoms with van der Waals surface area (Å²) < 4.78 is 11.1. The number of likely N-dealkylation sites (tertiary alicyclic amines) is 1. The molecule has 2 aliphatic rings. The van der Waals surface area contributed by atoms with Crippen molar-refractivity contribution < 1.29 is 14.1 Å². The summed E-state index contributed by atoms with van der Waals surface area (Å²) in [7, 11) is 0. The molecule has 1 atom stereocenters. The van der Waals surface area contributed by atoms with E-state index in [1.165, 1.54) is 0 Å². The number of rotatable bonds is 5. The predicted molar refractivity (Wildman–Crippen MR) is 86.4 cm³/mol. The summed E-state index contributed by atoms with van der Waals surface area (Å²) in [6, 6.07) is 9.57. The quantitative estimate of drug-likeness (QED) is 0.844. The van der Waals surface area contributed by atoms with Crippen LogP contribution in [0.3, 0.4) is 0 Å². The van der Waals surface area contributed by atoms with Crippen molar-refractivity contribution in [3.8, 4) is 5.75 Å². The molecule has 1 saturated heterocycles. The standard InChI is InChI=1S/C18H21N3O3/c22-18(13-8-9-13)21-10-4-5-14(11-21)17-19-16(20-24-17)12-23-15-6-2-1-3-7-15/h1-3,6-7,13-14H,4-5,8-12H2. The normalized spacial score (nSPS) is 20.8. The first-order valence-electron chi connectivity index (χ1n) is 8.59. The van der Waals surface area contributed by atoms with Crippen LogP contribution in [0, 0.1) is 5.92 Å². The second kappa shape index (κ2) is 6.63. The molecular weight excluding hydrogens is 306 g/mol. The van der Waals surface area contributed by atoms with Gasteiger partial charge in [-0.05, 0) is 37.8 Å². The van der Waals surface area contributed by atoms with Gasteiger partial charge in [0.2, 0.25) is 17.6 Å². The maximum atomic E-state index is 12.2. The molecule has 0 bridgehead atoms. The van der Waals surface area contributed by atoms with Gasteiger partial charge >= 0.3 is 0 Å². The van der Waals surface area contributed by atoms with Gasteiger partial charge in [-0.25, -0.2) is 0 Å². The summed E-state index contributed by atoms with van der Waals surface area (Å²) >= 11 is 0. The summed E-state index contributed by atoms with van der Waals surface area (Å²) in [6.07, 6.45) is 4.06. The van der Waals surface area contributed by atoms with Crippen molar-refractivity contribution in [3.05, 3.63) is 42.0 Å². The number of aromatic nitrogens is 2. The minimum absolute atomic E-state index is 0.138. The largest absolute Gasteiger partial charge is 0.485 e. The van der Waals surface area contributed by atoms with Crippen molar-refractivity contribution in [2.75, 3.05) is 13.1 Å². The lowest BCUT2D eigenvalue weighted by Gasteiger charge is -2.31. The van der Waals surface area contributed by atoms with E-state index in [9.17, 15) is 4.79 Å². The van der Waals surface area contributed by atoms with Gasteiger partial charge < -0.3 is 14.2 Å². The molecular formula is C18H21N3O3. The van der Waals surface area contributed by atoms with E-state index in [2.05, 4.69) is 10.1 Å². The topological polar surface area (TPSA) is 68.5 Å². The molecule has 6 heteroatoms. The number of carbonyl (C=O) groups excluding carboxylic acids is 1. The minimum atomic E-state index is 0.138. The first-order chi connectivity index (χ1) is 11.8. The summed E-state index contributed by atoms with van der Waals surface area (Å²) in [5, 5.41) is 4.01. The van der Waals surface area contributed by atoms with E-state index in [1.807, 2.05) is 35.2 Å². The molecule has 2 fully saturated rings.